The average Bonchev–Trinajstić information content (AvgIpc) is 3.01. The van der Waals surface area contributed by atoms with E-state index in [1.54, 1.807) is 13.8 Å². The molecule has 0 spiro atoms. The van der Waals surface area contributed by atoms with Gasteiger partial charge in [-0.05, 0) is 18.1 Å². The zero-order chi connectivity index (χ0) is 17.9. The predicted molar refractivity (Wildman–Crippen MR) is 82.3 cm³/mol. The van der Waals surface area contributed by atoms with Crippen LogP contribution in [0.5, 0.6) is 0 Å². The highest BCUT2D eigenvalue weighted by atomic mass is 16.6. The standard InChI is InChI=1S/C15H15N3O6/c1-8(2)12(15(20)21)17-13(19)14-16-7-11(24-14)9-3-5-10(6-4-9)18(22)23/h3-8,12H,1-2H3,(H,17,19)(H,20,21). The third kappa shape index (κ3) is 3.75. The maximum Gasteiger partial charge on any atom is 0.326 e. The van der Waals surface area contributed by atoms with Crippen molar-refractivity contribution in [3.8, 4) is 11.3 Å². The van der Waals surface area contributed by atoms with Gasteiger partial charge in [0.05, 0.1) is 11.1 Å². The van der Waals surface area contributed by atoms with E-state index in [1.807, 2.05) is 0 Å². The maximum atomic E-state index is 12.0. The van der Waals surface area contributed by atoms with E-state index in [1.165, 1.54) is 30.5 Å². The Kier molecular flexibility index (Phi) is 4.93. The second-order valence-electron chi connectivity index (χ2n) is 5.37. The number of non-ortho nitro benzene ring substituents is 1. The largest absolute Gasteiger partial charge is 0.480 e. The molecule has 126 valence electrons. The van der Waals surface area contributed by atoms with Crippen molar-refractivity contribution in [2.45, 2.75) is 19.9 Å². The number of oxazole rings is 1. The van der Waals surface area contributed by atoms with Crippen molar-refractivity contribution in [3.05, 3.63) is 46.5 Å². The van der Waals surface area contributed by atoms with E-state index in [4.69, 9.17) is 9.52 Å². The topological polar surface area (TPSA) is 136 Å². The summed E-state index contributed by atoms with van der Waals surface area (Å²) >= 11 is 0. The molecule has 0 radical (unpaired) electrons. The number of benzene rings is 1. The Morgan fingerprint density at radius 1 is 1.29 bits per heavy atom. The SMILES string of the molecule is CC(C)C(NC(=O)c1ncc(-c2ccc([N+](=O)[O-])cc2)o1)C(=O)O. The highest BCUT2D eigenvalue weighted by Gasteiger charge is 2.26. The zero-order valence-electron chi connectivity index (χ0n) is 12.9. The van der Waals surface area contributed by atoms with Gasteiger partial charge < -0.3 is 14.8 Å². The number of aliphatic carboxylic acids is 1. The lowest BCUT2D eigenvalue weighted by Gasteiger charge is -2.16. The van der Waals surface area contributed by atoms with Crippen molar-refractivity contribution in [2.75, 3.05) is 0 Å². The lowest BCUT2D eigenvalue weighted by Crippen LogP contribution is -2.44. The number of nitro groups is 1. The molecule has 2 rings (SSSR count). The van der Waals surface area contributed by atoms with E-state index in [0.29, 0.717) is 5.56 Å². The van der Waals surface area contributed by atoms with Crippen LogP contribution in [-0.4, -0.2) is 32.9 Å². The van der Waals surface area contributed by atoms with Crippen LogP contribution in [0.4, 0.5) is 5.69 Å². The summed E-state index contributed by atoms with van der Waals surface area (Å²) in [5.74, 6) is -2.25. The molecule has 1 unspecified atom stereocenters. The summed E-state index contributed by atoms with van der Waals surface area (Å²) < 4.78 is 5.31. The number of nitrogens with zero attached hydrogens (tertiary/aromatic N) is 2. The molecule has 0 bridgehead atoms. The van der Waals surface area contributed by atoms with Crippen LogP contribution in [0.1, 0.15) is 24.5 Å². The normalized spacial score (nSPS) is 12.0. The van der Waals surface area contributed by atoms with Crippen molar-refractivity contribution in [1.82, 2.24) is 10.3 Å². The number of carbonyl (C=O) groups is 2. The maximum absolute atomic E-state index is 12.0. The molecule has 1 heterocycles. The van der Waals surface area contributed by atoms with Gasteiger partial charge in [0.2, 0.25) is 0 Å². The van der Waals surface area contributed by atoms with Crippen molar-refractivity contribution >= 4 is 17.6 Å². The number of carboxylic acids is 1. The Bertz CT molecular complexity index is 766. The molecule has 24 heavy (non-hydrogen) atoms. The van der Waals surface area contributed by atoms with E-state index < -0.39 is 22.8 Å². The Labute approximate surface area is 136 Å². The van der Waals surface area contributed by atoms with Gasteiger partial charge in [-0.3, -0.25) is 14.9 Å². The van der Waals surface area contributed by atoms with Crippen molar-refractivity contribution < 1.29 is 24.0 Å². The number of aromatic nitrogens is 1. The number of nitrogens with one attached hydrogen (secondary N) is 1. The molecular weight excluding hydrogens is 318 g/mol. The summed E-state index contributed by atoms with van der Waals surface area (Å²) in [4.78, 5) is 37.0. The number of amides is 1. The van der Waals surface area contributed by atoms with Crippen LogP contribution in [0, 0.1) is 16.0 Å². The molecule has 0 fully saturated rings. The van der Waals surface area contributed by atoms with Crippen LogP contribution in [0.3, 0.4) is 0 Å². The molecular formula is C15H15N3O6. The molecule has 2 aromatic rings. The fourth-order valence-corrected chi connectivity index (χ4v) is 1.98. The minimum absolute atomic E-state index is 0.0718. The van der Waals surface area contributed by atoms with Gasteiger partial charge >= 0.3 is 11.9 Å². The van der Waals surface area contributed by atoms with E-state index in [2.05, 4.69) is 10.3 Å². The molecule has 9 heteroatoms. The molecule has 1 aromatic heterocycles. The number of carbonyl (C=O) groups excluding carboxylic acids is 1. The molecule has 1 atom stereocenters. The second-order valence-corrected chi connectivity index (χ2v) is 5.37. The van der Waals surface area contributed by atoms with E-state index in [0.717, 1.165) is 0 Å². The first-order valence-electron chi connectivity index (χ1n) is 7.04. The molecule has 0 aliphatic heterocycles. The lowest BCUT2D eigenvalue weighted by molar-refractivity contribution is -0.384. The first kappa shape index (κ1) is 17.1. The van der Waals surface area contributed by atoms with Crippen LogP contribution in [0.25, 0.3) is 11.3 Å². The molecule has 9 nitrogen and oxygen atoms in total. The zero-order valence-corrected chi connectivity index (χ0v) is 12.9. The average molecular weight is 333 g/mol. The molecule has 2 N–H and O–H groups in total. The molecule has 0 aliphatic carbocycles. The minimum atomic E-state index is -1.15. The highest BCUT2D eigenvalue weighted by Crippen LogP contribution is 2.23. The Balaban J connectivity index is 2.16. The molecule has 0 aliphatic rings. The predicted octanol–water partition coefficient (Wildman–Crippen LogP) is 2.09. The third-order valence-electron chi connectivity index (χ3n) is 3.28. The second kappa shape index (κ2) is 6.90. The third-order valence-corrected chi connectivity index (χ3v) is 3.28. The van der Waals surface area contributed by atoms with Gasteiger partial charge in [0.15, 0.2) is 5.76 Å². The number of rotatable bonds is 6. The first-order valence-corrected chi connectivity index (χ1v) is 7.04. The van der Waals surface area contributed by atoms with Crippen molar-refractivity contribution in [2.24, 2.45) is 5.92 Å². The summed E-state index contributed by atoms with van der Waals surface area (Å²) in [7, 11) is 0. The number of carboxylic acid groups (broad SMARTS) is 1. The van der Waals surface area contributed by atoms with E-state index in [-0.39, 0.29) is 23.3 Å². The van der Waals surface area contributed by atoms with Crippen molar-refractivity contribution in [3.63, 3.8) is 0 Å². The summed E-state index contributed by atoms with van der Waals surface area (Å²) in [5, 5.41) is 22.0. The fourth-order valence-electron chi connectivity index (χ4n) is 1.98. The summed E-state index contributed by atoms with van der Waals surface area (Å²) in [6, 6.07) is 4.48. The quantitative estimate of drug-likeness (QED) is 0.610. The van der Waals surface area contributed by atoms with Crippen LogP contribution in [0.2, 0.25) is 0 Å². The molecule has 1 amide bonds. The smallest absolute Gasteiger partial charge is 0.326 e. The lowest BCUT2D eigenvalue weighted by atomic mass is 10.1. The summed E-state index contributed by atoms with van der Waals surface area (Å²) in [5.41, 5.74) is 0.434. The van der Waals surface area contributed by atoms with Gasteiger partial charge in [-0.1, -0.05) is 13.8 Å². The van der Waals surface area contributed by atoms with Crippen LogP contribution in [0.15, 0.2) is 34.9 Å². The van der Waals surface area contributed by atoms with Gasteiger partial charge in [-0.25, -0.2) is 9.78 Å². The van der Waals surface area contributed by atoms with Crippen molar-refractivity contribution in [1.29, 1.82) is 0 Å². The Hall–Kier alpha value is -3.23. The number of hydrogen-bond donors (Lipinski definition) is 2. The van der Waals surface area contributed by atoms with E-state index in [9.17, 15) is 19.7 Å². The van der Waals surface area contributed by atoms with Crippen LogP contribution in [-0.2, 0) is 4.79 Å². The van der Waals surface area contributed by atoms with Gasteiger partial charge in [-0.15, -0.1) is 0 Å². The van der Waals surface area contributed by atoms with Gasteiger partial charge in [0.1, 0.15) is 6.04 Å². The van der Waals surface area contributed by atoms with E-state index >= 15 is 0 Å². The molecule has 0 saturated carbocycles. The Morgan fingerprint density at radius 3 is 2.42 bits per heavy atom. The van der Waals surface area contributed by atoms with Gasteiger partial charge in [0.25, 0.3) is 11.6 Å². The summed E-state index contributed by atoms with van der Waals surface area (Å²) in [6.45, 7) is 3.33. The minimum Gasteiger partial charge on any atom is -0.480 e. The fraction of sp³-hybridized carbons (Fsp3) is 0.267. The number of hydrogen-bond acceptors (Lipinski definition) is 6. The monoisotopic (exact) mass is 333 g/mol. The van der Waals surface area contributed by atoms with Gasteiger partial charge in [0, 0.05) is 17.7 Å². The highest BCUT2D eigenvalue weighted by molar-refractivity contribution is 5.93. The van der Waals surface area contributed by atoms with Gasteiger partial charge in [-0.2, -0.15) is 0 Å². The summed E-state index contributed by atoms with van der Waals surface area (Å²) in [6.07, 6.45) is 1.29. The number of nitro benzene ring substituents is 1. The Morgan fingerprint density at radius 2 is 1.92 bits per heavy atom. The molecule has 1 aromatic carbocycles. The van der Waals surface area contributed by atoms with Crippen LogP contribution < -0.4 is 5.32 Å². The first-order chi connectivity index (χ1) is 11.3. The van der Waals surface area contributed by atoms with Crippen LogP contribution >= 0.6 is 0 Å². The molecule has 0 saturated heterocycles.